The SMILES string of the molecule is C=CCN1CCC(NC(=O)NC(CO)c2ccc(CC)cc2)CC1. The van der Waals surface area contributed by atoms with Crippen LogP contribution in [0.3, 0.4) is 0 Å². The van der Waals surface area contributed by atoms with E-state index in [0.717, 1.165) is 44.5 Å². The molecule has 0 radical (unpaired) electrons. The van der Waals surface area contributed by atoms with E-state index in [1.807, 2.05) is 30.3 Å². The minimum Gasteiger partial charge on any atom is -0.394 e. The summed E-state index contributed by atoms with van der Waals surface area (Å²) in [4.78, 5) is 14.5. The van der Waals surface area contributed by atoms with Crippen LogP contribution in [-0.2, 0) is 6.42 Å². The molecule has 5 nitrogen and oxygen atoms in total. The zero-order valence-corrected chi connectivity index (χ0v) is 14.5. The Labute approximate surface area is 144 Å². The minimum absolute atomic E-state index is 0.114. The van der Waals surface area contributed by atoms with E-state index in [2.05, 4.69) is 29.0 Å². The van der Waals surface area contributed by atoms with Crippen LogP contribution in [0.2, 0.25) is 0 Å². The summed E-state index contributed by atoms with van der Waals surface area (Å²) in [6.45, 7) is 8.59. The van der Waals surface area contributed by atoms with Crippen molar-refractivity contribution in [1.29, 1.82) is 0 Å². The third-order valence-electron chi connectivity index (χ3n) is 4.59. The zero-order valence-electron chi connectivity index (χ0n) is 14.5. The fourth-order valence-corrected chi connectivity index (χ4v) is 3.05. The third-order valence-corrected chi connectivity index (χ3v) is 4.59. The number of rotatable bonds is 7. The predicted molar refractivity (Wildman–Crippen MR) is 97.0 cm³/mol. The number of aliphatic hydroxyl groups excluding tert-OH is 1. The van der Waals surface area contributed by atoms with Crippen LogP contribution in [0, 0.1) is 0 Å². The van der Waals surface area contributed by atoms with Crippen molar-refractivity contribution in [3.05, 3.63) is 48.0 Å². The van der Waals surface area contributed by atoms with E-state index in [4.69, 9.17) is 0 Å². The molecule has 2 amide bonds. The van der Waals surface area contributed by atoms with Gasteiger partial charge in [-0.25, -0.2) is 4.79 Å². The van der Waals surface area contributed by atoms with Gasteiger partial charge in [-0.1, -0.05) is 37.3 Å². The van der Waals surface area contributed by atoms with Gasteiger partial charge in [0.15, 0.2) is 0 Å². The molecule has 1 fully saturated rings. The van der Waals surface area contributed by atoms with E-state index in [-0.39, 0.29) is 24.7 Å². The van der Waals surface area contributed by atoms with Gasteiger partial charge in [0.2, 0.25) is 0 Å². The number of nitrogens with zero attached hydrogens (tertiary/aromatic N) is 1. The first-order valence-corrected chi connectivity index (χ1v) is 8.76. The van der Waals surface area contributed by atoms with Crippen molar-refractivity contribution in [2.45, 2.75) is 38.3 Å². The summed E-state index contributed by atoms with van der Waals surface area (Å²) in [6, 6.07) is 7.60. The molecular weight excluding hydrogens is 302 g/mol. The lowest BCUT2D eigenvalue weighted by Crippen LogP contribution is -2.48. The Balaban J connectivity index is 1.82. The van der Waals surface area contributed by atoms with Crippen molar-refractivity contribution in [3.8, 4) is 0 Å². The summed E-state index contributed by atoms with van der Waals surface area (Å²) >= 11 is 0. The second-order valence-corrected chi connectivity index (χ2v) is 6.31. The van der Waals surface area contributed by atoms with Gasteiger partial charge in [0.1, 0.15) is 0 Å². The van der Waals surface area contributed by atoms with Gasteiger partial charge in [0, 0.05) is 25.7 Å². The molecule has 24 heavy (non-hydrogen) atoms. The molecule has 3 N–H and O–H groups in total. The molecule has 0 spiro atoms. The third kappa shape index (κ3) is 5.35. The number of aryl methyl sites for hydroxylation is 1. The van der Waals surface area contributed by atoms with Crippen molar-refractivity contribution in [2.75, 3.05) is 26.2 Å². The summed E-state index contributed by atoms with van der Waals surface area (Å²) in [6.07, 6.45) is 4.77. The predicted octanol–water partition coefficient (Wildman–Crippen LogP) is 2.23. The number of carbonyl (C=O) groups is 1. The number of urea groups is 1. The van der Waals surface area contributed by atoms with Crippen molar-refractivity contribution in [1.82, 2.24) is 15.5 Å². The highest BCUT2D eigenvalue weighted by molar-refractivity contribution is 5.74. The number of nitrogens with one attached hydrogen (secondary N) is 2. The van der Waals surface area contributed by atoms with Crippen LogP contribution < -0.4 is 10.6 Å². The van der Waals surface area contributed by atoms with Crippen LogP contribution in [0.1, 0.15) is 36.9 Å². The second-order valence-electron chi connectivity index (χ2n) is 6.31. The summed E-state index contributed by atoms with van der Waals surface area (Å²) in [5, 5.41) is 15.5. The van der Waals surface area contributed by atoms with E-state index >= 15 is 0 Å². The van der Waals surface area contributed by atoms with Gasteiger partial charge < -0.3 is 15.7 Å². The van der Waals surface area contributed by atoms with Gasteiger partial charge in [0.05, 0.1) is 12.6 Å². The van der Waals surface area contributed by atoms with Gasteiger partial charge in [-0.05, 0) is 30.4 Å². The van der Waals surface area contributed by atoms with Gasteiger partial charge in [-0.15, -0.1) is 6.58 Å². The average Bonchev–Trinajstić information content (AvgIpc) is 2.62. The van der Waals surface area contributed by atoms with Crippen molar-refractivity contribution < 1.29 is 9.90 Å². The molecule has 132 valence electrons. The fraction of sp³-hybridized carbons (Fsp3) is 0.526. The summed E-state index contributed by atoms with van der Waals surface area (Å²) in [5.74, 6) is 0. The molecule has 2 rings (SSSR count). The molecule has 1 aromatic carbocycles. The summed E-state index contributed by atoms with van der Waals surface area (Å²) in [7, 11) is 0. The molecule has 5 heteroatoms. The number of aliphatic hydroxyl groups is 1. The molecule has 0 aliphatic carbocycles. The number of hydrogen-bond acceptors (Lipinski definition) is 3. The number of hydrogen-bond donors (Lipinski definition) is 3. The molecule has 1 saturated heterocycles. The molecule has 0 saturated carbocycles. The van der Waals surface area contributed by atoms with Gasteiger partial charge >= 0.3 is 6.03 Å². The molecule has 1 aromatic rings. The lowest BCUT2D eigenvalue weighted by Gasteiger charge is -2.32. The van der Waals surface area contributed by atoms with Crippen LogP contribution in [0.15, 0.2) is 36.9 Å². The average molecular weight is 331 g/mol. The Morgan fingerprint density at radius 2 is 2.04 bits per heavy atom. The quantitative estimate of drug-likeness (QED) is 0.671. The fourth-order valence-electron chi connectivity index (χ4n) is 3.05. The van der Waals surface area contributed by atoms with E-state index in [0.29, 0.717) is 0 Å². The van der Waals surface area contributed by atoms with Gasteiger partial charge in [-0.3, -0.25) is 4.90 Å². The Kier molecular flexibility index (Phi) is 7.28. The Hall–Kier alpha value is -1.85. The maximum absolute atomic E-state index is 12.2. The summed E-state index contributed by atoms with van der Waals surface area (Å²) in [5.41, 5.74) is 2.16. The smallest absolute Gasteiger partial charge is 0.315 e. The van der Waals surface area contributed by atoms with Crippen molar-refractivity contribution in [2.24, 2.45) is 0 Å². The molecule has 0 aromatic heterocycles. The molecule has 1 atom stereocenters. The number of likely N-dealkylation sites (tertiary alicyclic amines) is 1. The molecule has 0 bridgehead atoms. The first-order chi connectivity index (χ1) is 11.7. The normalized spacial score (nSPS) is 17.2. The van der Waals surface area contributed by atoms with Crippen LogP contribution in [-0.4, -0.2) is 48.3 Å². The van der Waals surface area contributed by atoms with Gasteiger partial charge in [-0.2, -0.15) is 0 Å². The van der Waals surface area contributed by atoms with E-state index in [1.54, 1.807) is 0 Å². The molecule has 1 heterocycles. The van der Waals surface area contributed by atoms with Crippen LogP contribution in [0.25, 0.3) is 0 Å². The standard InChI is InChI=1S/C19H29N3O2/c1-3-11-22-12-9-17(10-13-22)20-19(24)21-18(14-23)16-7-5-15(4-2)6-8-16/h3,5-8,17-18,23H,1,4,9-14H2,2H3,(H2,20,21,24). The molecule has 1 unspecified atom stereocenters. The highest BCUT2D eigenvalue weighted by atomic mass is 16.3. The maximum Gasteiger partial charge on any atom is 0.315 e. The number of piperidine rings is 1. The van der Waals surface area contributed by atoms with Crippen LogP contribution in [0.4, 0.5) is 4.79 Å². The highest BCUT2D eigenvalue weighted by Gasteiger charge is 2.21. The zero-order chi connectivity index (χ0) is 17.4. The van der Waals surface area contributed by atoms with Crippen molar-refractivity contribution in [3.63, 3.8) is 0 Å². The van der Waals surface area contributed by atoms with E-state index in [9.17, 15) is 9.90 Å². The molecular formula is C19H29N3O2. The van der Waals surface area contributed by atoms with E-state index < -0.39 is 0 Å². The highest BCUT2D eigenvalue weighted by Crippen LogP contribution is 2.15. The molecule has 1 aliphatic heterocycles. The van der Waals surface area contributed by atoms with Crippen LogP contribution >= 0.6 is 0 Å². The number of amides is 2. The second kappa shape index (κ2) is 9.45. The number of benzene rings is 1. The largest absolute Gasteiger partial charge is 0.394 e. The maximum atomic E-state index is 12.2. The Morgan fingerprint density at radius 3 is 2.58 bits per heavy atom. The first kappa shape index (κ1) is 18.5. The Bertz CT molecular complexity index is 522. The lowest BCUT2D eigenvalue weighted by molar-refractivity contribution is 0.195. The first-order valence-electron chi connectivity index (χ1n) is 8.76. The van der Waals surface area contributed by atoms with Crippen LogP contribution in [0.5, 0.6) is 0 Å². The topological polar surface area (TPSA) is 64.6 Å². The number of carbonyl (C=O) groups excluding carboxylic acids is 1. The lowest BCUT2D eigenvalue weighted by atomic mass is 10.0. The monoisotopic (exact) mass is 331 g/mol. The molecule has 1 aliphatic rings. The minimum atomic E-state index is -0.378. The van der Waals surface area contributed by atoms with E-state index in [1.165, 1.54) is 5.56 Å². The van der Waals surface area contributed by atoms with Gasteiger partial charge in [0.25, 0.3) is 0 Å². The Morgan fingerprint density at radius 1 is 1.38 bits per heavy atom. The summed E-state index contributed by atoms with van der Waals surface area (Å²) < 4.78 is 0. The van der Waals surface area contributed by atoms with Crippen molar-refractivity contribution >= 4 is 6.03 Å².